The summed E-state index contributed by atoms with van der Waals surface area (Å²) in [6, 6.07) is 6.66. The van der Waals surface area contributed by atoms with Gasteiger partial charge in [0, 0.05) is 24.8 Å². The molecule has 0 spiro atoms. The molecular formula is C29H35N7O7. The molecule has 3 aliphatic heterocycles. The molecule has 1 aromatic carbocycles. The SMILES string of the molecule is CC1(C)O[C@@H]2[C@H](O1)[C@@H](CC(CCN1C(=O)c3ccccc3C1=O)(OC(N)=O)C(C)(C)C)O[C@H]2n1cnc2c(N)ncnc21. The van der Waals surface area contributed by atoms with E-state index >= 15 is 0 Å². The van der Waals surface area contributed by atoms with Gasteiger partial charge in [-0.05, 0) is 26.0 Å². The standard InChI is InChI=1S/C29H35N7O7/c1-27(2,3)29(43-26(31)39,10-11-35-23(37)15-8-6-7-9-16(15)24(35)38)12-17-19-20(42-28(4,5)41-19)25(40-17)36-14-34-18-21(30)32-13-33-22(18)36/h6-9,13-14,17,19-20,25H,10-12H2,1-5H3,(H2,31,39)(H2,30,32,33)/t17-,19-,20-,25-,29?/m1/s1. The number of fused-ring (bicyclic) bond motifs is 3. The fraction of sp³-hybridized carbons (Fsp3) is 0.517. The number of primary amides is 1. The minimum absolute atomic E-state index is 0.00759. The van der Waals surface area contributed by atoms with Crippen LogP contribution in [0.4, 0.5) is 10.6 Å². The fourth-order valence-corrected chi connectivity index (χ4v) is 6.38. The number of ether oxygens (including phenoxy) is 4. The summed E-state index contributed by atoms with van der Waals surface area (Å²) in [4.78, 5) is 52.6. The fourth-order valence-electron chi connectivity index (χ4n) is 6.38. The number of aromatic nitrogens is 4. The van der Waals surface area contributed by atoms with Crippen molar-refractivity contribution in [2.75, 3.05) is 12.3 Å². The topological polar surface area (TPSA) is 187 Å². The van der Waals surface area contributed by atoms with Crippen molar-refractivity contribution in [1.82, 2.24) is 24.4 Å². The molecule has 3 aliphatic rings. The molecule has 3 aromatic rings. The van der Waals surface area contributed by atoms with E-state index in [1.54, 1.807) is 35.2 Å². The van der Waals surface area contributed by atoms with Crippen molar-refractivity contribution in [3.63, 3.8) is 0 Å². The summed E-state index contributed by atoms with van der Waals surface area (Å²) in [5.74, 6) is -1.51. The normalized spacial score (nSPS) is 26.0. The lowest BCUT2D eigenvalue weighted by molar-refractivity contribution is -0.206. The van der Waals surface area contributed by atoms with Crippen LogP contribution >= 0.6 is 0 Å². The van der Waals surface area contributed by atoms with Crippen molar-refractivity contribution in [2.45, 2.75) is 83.4 Å². The molecule has 1 unspecified atom stereocenters. The molecule has 14 nitrogen and oxygen atoms in total. The van der Waals surface area contributed by atoms with Crippen LogP contribution in [0.25, 0.3) is 11.2 Å². The van der Waals surface area contributed by atoms with Gasteiger partial charge in [-0.3, -0.25) is 19.1 Å². The summed E-state index contributed by atoms with van der Waals surface area (Å²) in [6.45, 7) is 9.33. The molecule has 0 radical (unpaired) electrons. The van der Waals surface area contributed by atoms with Gasteiger partial charge in [0.05, 0.1) is 23.6 Å². The Balaban J connectivity index is 1.33. The number of hydrogen-bond acceptors (Lipinski definition) is 11. The van der Waals surface area contributed by atoms with E-state index in [4.69, 9.17) is 30.4 Å². The molecule has 3 amide bonds. The van der Waals surface area contributed by atoms with Crippen LogP contribution in [-0.2, 0) is 18.9 Å². The number of imide groups is 1. The lowest BCUT2D eigenvalue weighted by atomic mass is 9.70. The second-order valence-electron chi connectivity index (χ2n) is 12.6. The minimum atomic E-state index is -1.28. The van der Waals surface area contributed by atoms with Gasteiger partial charge in [0.2, 0.25) is 0 Å². The van der Waals surface area contributed by atoms with Crippen LogP contribution < -0.4 is 11.5 Å². The smallest absolute Gasteiger partial charge is 0.405 e. The van der Waals surface area contributed by atoms with E-state index in [0.29, 0.717) is 22.3 Å². The highest BCUT2D eigenvalue weighted by atomic mass is 16.8. The second kappa shape index (κ2) is 9.96. The Labute approximate surface area is 247 Å². The van der Waals surface area contributed by atoms with Crippen LogP contribution in [-0.4, -0.2) is 78.6 Å². The minimum Gasteiger partial charge on any atom is -0.442 e. The van der Waals surface area contributed by atoms with Crippen molar-refractivity contribution >= 4 is 34.9 Å². The van der Waals surface area contributed by atoms with E-state index in [-0.39, 0.29) is 25.2 Å². The van der Waals surface area contributed by atoms with E-state index in [2.05, 4.69) is 15.0 Å². The van der Waals surface area contributed by atoms with E-state index in [1.165, 1.54) is 11.2 Å². The van der Waals surface area contributed by atoms with Gasteiger partial charge in [-0.25, -0.2) is 19.7 Å². The van der Waals surface area contributed by atoms with Crippen molar-refractivity contribution in [3.8, 4) is 0 Å². The number of amides is 3. The number of nitrogen functional groups attached to an aromatic ring is 1. The van der Waals surface area contributed by atoms with Crippen molar-refractivity contribution in [2.24, 2.45) is 11.1 Å². The Hall–Kier alpha value is -4.14. The van der Waals surface area contributed by atoms with E-state index in [1.807, 2.05) is 34.6 Å². The Bertz CT molecular complexity index is 1580. The molecule has 14 heteroatoms. The number of nitrogens with zero attached hydrogens (tertiary/aromatic N) is 5. The number of benzene rings is 1. The number of carbonyl (C=O) groups is 3. The maximum atomic E-state index is 13.2. The third-order valence-electron chi connectivity index (χ3n) is 8.60. The quantitative estimate of drug-likeness (QED) is 0.384. The van der Waals surface area contributed by atoms with Gasteiger partial charge >= 0.3 is 6.09 Å². The lowest BCUT2D eigenvalue weighted by Crippen LogP contribution is -2.53. The molecule has 228 valence electrons. The second-order valence-corrected chi connectivity index (χ2v) is 12.6. The van der Waals surface area contributed by atoms with Crippen LogP contribution in [0.1, 0.15) is 74.4 Å². The summed E-state index contributed by atoms with van der Waals surface area (Å²) in [5.41, 5.74) is 11.2. The van der Waals surface area contributed by atoms with E-state index in [9.17, 15) is 14.4 Å². The van der Waals surface area contributed by atoms with Gasteiger partial charge in [0.15, 0.2) is 23.5 Å². The maximum Gasteiger partial charge on any atom is 0.405 e. The molecule has 5 heterocycles. The first-order valence-electron chi connectivity index (χ1n) is 14.1. The summed E-state index contributed by atoms with van der Waals surface area (Å²) in [6.07, 6.45) is -0.357. The van der Waals surface area contributed by atoms with Gasteiger partial charge < -0.3 is 30.4 Å². The molecule has 6 rings (SSSR count). The van der Waals surface area contributed by atoms with Gasteiger partial charge in [-0.1, -0.05) is 32.9 Å². The summed E-state index contributed by atoms with van der Waals surface area (Å²) >= 11 is 0. The average molecular weight is 594 g/mol. The molecule has 0 saturated carbocycles. The Morgan fingerprint density at radius 3 is 2.33 bits per heavy atom. The summed E-state index contributed by atoms with van der Waals surface area (Å²) < 4.78 is 26.9. The Morgan fingerprint density at radius 1 is 1.05 bits per heavy atom. The third-order valence-corrected chi connectivity index (χ3v) is 8.60. The first-order chi connectivity index (χ1) is 20.2. The molecule has 2 fully saturated rings. The Kier molecular flexibility index (Phi) is 6.71. The number of anilines is 1. The molecule has 5 atom stereocenters. The first-order valence-corrected chi connectivity index (χ1v) is 14.1. The van der Waals surface area contributed by atoms with Crippen LogP contribution in [0.15, 0.2) is 36.9 Å². The highest BCUT2D eigenvalue weighted by Gasteiger charge is 2.59. The number of imidazole rings is 1. The number of nitrogens with two attached hydrogens (primary N) is 2. The molecule has 0 bridgehead atoms. The molecule has 43 heavy (non-hydrogen) atoms. The van der Waals surface area contributed by atoms with Crippen LogP contribution in [0.5, 0.6) is 0 Å². The first kappa shape index (κ1) is 29.0. The molecule has 2 aromatic heterocycles. The zero-order chi connectivity index (χ0) is 30.9. The monoisotopic (exact) mass is 593 g/mol. The Morgan fingerprint density at radius 2 is 1.70 bits per heavy atom. The van der Waals surface area contributed by atoms with Gasteiger partial charge in [0.1, 0.15) is 29.7 Å². The van der Waals surface area contributed by atoms with E-state index in [0.717, 1.165) is 0 Å². The van der Waals surface area contributed by atoms with Crippen molar-refractivity contribution < 1.29 is 33.3 Å². The van der Waals surface area contributed by atoms with Crippen molar-refractivity contribution in [1.29, 1.82) is 0 Å². The zero-order valence-corrected chi connectivity index (χ0v) is 24.6. The van der Waals surface area contributed by atoms with Gasteiger partial charge in [-0.2, -0.15) is 0 Å². The highest BCUT2D eigenvalue weighted by Crippen LogP contribution is 2.49. The number of hydrogen-bond donors (Lipinski definition) is 2. The van der Waals surface area contributed by atoms with Crippen LogP contribution in [0.2, 0.25) is 0 Å². The van der Waals surface area contributed by atoms with Crippen LogP contribution in [0, 0.1) is 5.41 Å². The predicted octanol–water partition coefficient (Wildman–Crippen LogP) is 2.78. The van der Waals surface area contributed by atoms with Crippen molar-refractivity contribution in [3.05, 3.63) is 48.0 Å². The maximum absolute atomic E-state index is 13.2. The lowest BCUT2D eigenvalue weighted by Gasteiger charge is -2.45. The summed E-state index contributed by atoms with van der Waals surface area (Å²) in [7, 11) is 0. The summed E-state index contributed by atoms with van der Waals surface area (Å²) in [5, 5.41) is 0. The molecule has 2 saturated heterocycles. The molecule has 0 aliphatic carbocycles. The molecule has 4 N–H and O–H groups in total. The molecular weight excluding hydrogens is 558 g/mol. The largest absolute Gasteiger partial charge is 0.442 e. The number of rotatable bonds is 7. The van der Waals surface area contributed by atoms with E-state index < -0.39 is 59.3 Å². The highest BCUT2D eigenvalue weighted by molar-refractivity contribution is 6.21. The zero-order valence-electron chi connectivity index (χ0n) is 24.6. The van der Waals surface area contributed by atoms with Crippen LogP contribution in [0.3, 0.4) is 0 Å². The van der Waals surface area contributed by atoms with Gasteiger partial charge in [0.25, 0.3) is 11.8 Å². The predicted molar refractivity (Wildman–Crippen MR) is 151 cm³/mol. The number of carbonyl (C=O) groups excluding carboxylic acids is 3. The average Bonchev–Trinajstić information content (AvgIpc) is 3.64. The van der Waals surface area contributed by atoms with Gasteiger partial charge in [-0.15, -0.1) is 0 Å². The third kappa shape index (κ3) is 4.79.